The molecule has 0 aliphatic carbocycles. The van der Waals surface area contributed by atoms with Crippen LogP contribution in [0.25, 0.3) is 10.2 Å². The molecule has 0 aliphatic rings. The number of aromatic nitrogens is 2. The van der Waals surface area contributed by atoms with E-state index in [2.05, 4.69) is 9.97 Å². The topological polar surface area (TPSA) is 25.8 Å². The molecular weight excluding hydrogens is 144 g/mol. The molecule has 0 atom stereocenters. The summed E-state index contributed by atoms with van der Waals surface area (Å²) in [6.07, 6.45) is 1.82. The van der Waals surface area contributed by atoms with E-state index in [1.807, 2.05) is 24.7 Å². The zero-order valence-electron chi connectivity index (χ0n) is 5.53. The average Bonchev–Trinajstić information content (AvgIpc) is 2.36. The molecule has 2 nitrogen and oxygen atoms in total. The number of pyridine rings is 1. The van der Waals surface area contributed by atoms with Crippen molar-refractivity contribution >= 4 is 21.6 Å². The van der Waals surface area contributed by atoms with Gasteiger partial charge in [0.05, 0.1) is 15.9 Å². The predicted octanol–water partition coefficient (Wildman–Crippen LogP) is 2.00. The highest BCUT2D eigenvalue weighted by atomic mass is 32.1. The van der Waals surface area contributed by atoms with E-state index in [0.717, 1.165) is 11.2 Å². The number of hydrogen-bond donors (Lipinski definition) is 0. The molecule has 2 heterocycles. The standard InChI is InChI=1S/C7H6N2S/c1-5-7-6(2-3-8-5)10-4-9-7/h2-4H,1H3. The first kappa shape index (κ1) is 5.80. The Morgan fingerprint density at radius 3 is 3.10 bits per heavy atom. The Morgan fingerprint density at radius 2 is 2.30 bits per heavy atom. The van der Waals surface area contributed by atoms with Gasteiger partial charge in [-0.15, -0.1) is 11.3 Å². The normalized spacial score (nSPS) is 10.5. The molecule has 0 radical (unpaired) electrons. The summed E-state index contributed by atoms with van der Waals surface area (Å²) in [5.41, 5.74) is 3.89. The number of hydrogen-bond acceptors (Lipinski definition) is 3. The van der Waals surface area contributed by atoms with Crippen LogP contribution in [0.15, 0.2) is 17.8 Å². The maximum Gasteiger partial charge on any atom is 0.102 e. The molecule has 2 aromatic heterocycles. The molecule has 10 heavy (non-hydrogen) atoms. The summed E-state index contributed by atoms with van der Waals surface area (Å²) >= 11 is 1.65. The van der Waals surface area contributed by atoms with Crippen LogP contribution < -0.4 is 0 Å². The smallest absolute Gasteiger partial charge is 0.102 e. The lowest BCUT2D eigenvalue weighted by molar-refractivity contribution is 1.22. The average molecular weight is 150 g/mol. The van der Waals surface area contributed by atoms with Crippen molar-refractivity contribution in [2.45, 2.75) is 6.92 Å². The molecule has 0 N–H and O–H groups in total. The van der Waals surface area contributed by atoms with Crippen LogP contribution in [-0.2, 0) is 0 Å². The van der Waals surface area contributed by atoms with Gasteiger partial charge in [-0.1, -0.05) is 0 Å². The quantitative estimate of drug-likeness (QED) is 0.574. The van der Waals surface area contributed by atoms with Crippen molar-refractivity contribution in [3.05, 3.63) is 23.5 Å². The van der Waals surface area contributed by atoms with E-state index in [4.69, 9.17) is 0 Å². The minimum atomic E-state index is 1.01. The molecule has 50 valence electrons. The molecular formula is C7H6N2S. The molecule has 0 amide bonds. The highest BCUT2D eigenvalue weighted by molar-refractivity contribution is 7.16. The van der Waals surface area contributed by atoms with Gasteiger partial charge in [0.15, 0.2) is 0 Å². The third-order valence-electron chi connectivity index (χ3n) is 1.43. The van der Waals surface area contributed by atoms with Crippen molar-refractivity contribution in [3.63, 3.8) is 0 Å². The first-order valence-electron chi connectivity index (χ1n) is 3.03. The summed E-state index contributed by atoms with van der Waals surface area (Å²) in [4.78, 5) is 8.30. The van der Waals surface area contributed by atoms with Crippen molar-refractivity contribution < 1.29 is 0 Å². The Hall–Kier alpha value is -0.960. The number of thiazole rings is 1. The van der Waals surface area contributed by atoms with E-state index in [1.54, 1.807) is 11.3 Å². The molecule has 0 saturated heterocycles. The second-order valence-electron chi connectivity index (χ2n) is 2.10. The fraction of sp³-hybridized carbons (Fsp3) is 0.143. The van der Waals surface area contributed by atoms with Crippen LogP contribution in [0.4, 0.5) is 0 Å². The first-order chi connectivity index (χ1) is 4.88. The van der Waals surface area contributed by atoms with Crippen molar-refractivity contribution in [1.29, 1.82) is 0 Å². The molecule has 0 bridgehead atoms. The van der Waals surface area contributed by atoms with Crippen molar-refractivity contribution in [2.24, 2.45) is 0 Å². The molecule has 3 heteroatoms. The van der Waals surface area contributed by atoms with Crippen LogP contribution in [0.3, 0.4) is 0 Å². The van der Waals surface area contributed by atoms with E-state index >= 15 is 0 Å². The van der Waals surface area contributed by atoms with Crippen LogP contribution in [0.1, 0.15) is 5.69 Å². The summed E-state index contributed by atoms with van der Waals surface area (Å²) in [5.74, 6) is 0. The Morgan fingerprint density at radius 1 is 1.40 bits per heavy atom. The molecule has 2 rings (SSSR count). The van der Waals surface area contributed by atoms with Crippen LogP contribution >= 0.6 is 11.3 Å². The van der Waals surface area contributed by atoms with Crippen LogP contribution in [0.5, 0.6) is 0 Å². The maximum absolute atomic E-state index is 4.17. The summed E-state index contributed by atoms with van der Waals surface area (Å²) in [6.45, 7) is 1.97. The zero-order valence-corrected chi connectivity index (χ0v) is 6.35. The van der Waals surface area contributed by atoms with Crippen molar-refractivity contribution in [2.75, 3.05) is 0 Å². The zero-order chi connectivity index (χ0) is 6.97. The van der Waals surface area contributed by atoms with Gasteiger partial charge in [-0.2, -0.15) is 0 Å². The number of aryl methyl sites for hydroxylation is 1. The monoisotopic (exact) mass is 150 g/mol. The Labute approximate surface area is 62.6 Å². The lowest BCUT2D eigenvalue weighted by Gasteiger charge is -1.89. The van der Waals surface area contributed by atoms with E-state index in [9.17, 15) is 0 Å². The molecule has 0 unspecified atom stereocenters. The van der Waals surface area contributed by atoms with Gasteiger partial charge < -0.3 is 0 Å². The Balaban J connectivity index is 2.95. The molecule has 0 fully saturated rings. The Bertz CT molecular complexity index is 353. The predicted molar refractivity (Wildman–Crippen MR) is 42.2 cm³/mol. The largest absolute Gasteiger partial charge is 0.259 e. The van der Waals surface area contributed by atoms with Gasteiger partial charge in [0.1, 0.15) is 5.52 Å². The van der Waals surface area contributed by atoms with E-state index < -0.39 is 0 Å². The molecule has 0 aliphatic heterocycles. The lowest BCUT2D eigenvalue weighted by atomic mass is 10.3. The van der Waals surface area contributed by atoms with E-state index in [1.165, 1.54) is 4.70 Å². The van der Waals surface area contributed by atoms with Crippen LogP contribution in [0, 0.1) is 6.92 Å². The number of nitrogens with zero attached hydrogens (tertiary/aromatic N) is 2. The number of rotatable bonds is 0. The maximum atomic E-state index is 4.17. The molecule has 2 aromatic rings. The SMILES string of the molecule is Cc1nccc2scnc12. The molecule has 0 spiro atoms. The summed E-state index contributed by atoms with van der Waals surface area (Å²) < 4.78 is 1.22. The molecule has 0 saturated carbocycles. The summed E-state index contributed by atoms with van der Waals surface area (Å²) in [6, 6.07) is 1.99. The fourth-order valence-corrected chi connectivity index (χ4v) is 1.65. The third kappa shape index (κ3) is 0.708. The van der Waals surface area contributed by atoms with E-state index in [0.29, 0.717) is 0 Å². The highest BCUT2D eigenvalue weighted by Gasteiger charge is 1.97. The minimum absolute atomic E-state index is 1.01. The van der Waals surface area contributed by atoms with Crippen LogP contribution in [-0.4, -0.2) is 9.97 Å². The summed E-state index contributed by atoms with van der Waals surface area (Å²) in [5, 5.41) is 0. The van der Waals surface area contributed by atoms with Gasteiger partial charge in [0, 0.05) is 6.20 Å². The lowest BCUT2D eigenvalue weighted by Crippen LogP contribution is -1.79. The van der Waals surface area contributed by atoms with Gasteiger partial charge in [-0.25, -0.2) is 4.98 Å². The van der Waals surface area contributed by atoms with Gasteiger partial charge in [0.25, 0.3) is 0 Å². The Kier molecular flexibility index (Phi) is 1.17. The third-order valence-corrected chi connectivity index (χ3v) is 2.23. The van der Waals surface area contributed by atoms with Gasteiger partial charge in [0.2, 0.25) is 0 Å². The van der Waals surface area contributed by atoms with Gasteiger partial charge in [-0.3, -0.25) is 4.98 Å². The van der Waals surface area contributed by atoms with E-state index in [-0.39, 0.29) is 0 Å². The second-order valence-corrected chi connectivity index (χ2v) is 2.98. The highest BCUT2D eigenvalue weighted by Crippen LogP contribution is 2.17. The first-order valence-corrected chi connectivity index (χ1v) is 3.91. The number of fused-ring (bicyclic) bond motifs is 1. The minimum Gasteiger partial charge on any atom is -0.259 e. The van der Waals surface area contributed by atoms with Gasteiger partial charge in [-0.05, 0) is 13.0 Å². The van der Waals surface area contributed by atoms with Crippen molar-refractivity contribution in [1.82, 2.24) is 9.97 Å². The molecule has 0 aromatic carbocycles. The van der Waals surface area contributed by atoms with Gasteiger partial charge >= 0.3 is 0 Å². The summed E-state index contributed by atoms with van der Waals surface area (Å²) in [7, 11) is 0. The second kappa shape index (κ2) is 2.02. The fourth-order valence-electron chi connectivity index (χ4n) is 0.923. The van der Waals surface area contributed by atoms with Crippen molar-refractivity contribution in [3.8, 4) is 0 Å². The van der Waals surface area contributed by atoms with Crippen LogP contribution in [0.2, 0.25) is 0 Å².